The summed E-state index contributed by atoms with van der Waals surface area (Å²) in [6.07, 6.45) is -1.67. The van der Waals surface area contributed by atoms with E-state index in [-0.39, 0.29) is 10.2 Å². The van der Waals surface area contributed by atoms with Crippen molar-refractivity contribution >= 4 is 22.6 Å². The Morgan fingerprint density at radius 2 is 1.89 bits per heavy atom. The monoisotopic (exact) mass is 244 g/mol. The minimum Gasteiger partial charge on any atom is -0.388 e. The summed E-state index contributed by atoms with van der Waals surface area (Å²) in [7, 11) is 0. The molecule has 1 saturated heterocycles. The largest absolute Gasteiger partial charge is 0.388 e. The molecular weight excluding hydrogens is 235 g/mol. The van der Waals surface area contributed by atoms with Gasteiger partial charge in [0, 0.05) is 0 Å². The van der Waals surface area contributed by atoms with E-state index >= 15 is 0 Å². The van der Waals surface area contributed by atoms with Gasteiger partial charge in [-0.3, -0.25) is 0 Å². The number of rotatable bonds is 0. The molecule has 0 amide bonds. The second-order valence-electron chi connectivity index (χ2n) is 2.17. The van der Waals surface area contributed by atoms with E-state index in [1.165, 1.54) is 0 Å². The first-order chi connectivity index (χ1) is 4.13. The molecule has 0 aliphatic carbocycles. The molecule has 0 aromatic heterocycles. The molecule has 1 aliphatic heterocycles. The van der Waals surface area contributed by atoms with Crippen LogP contribution in [0.2, 0.25) is 0 Å². The third-order valence-electron chi connectivity index (χ3n) is 1.44. The molecule has 1 heterocycles. The van der Waals surface area contributed by atoms with Crippen molar-refractivity contribution in [3.63, 3.8) is 0 Å². The lowest BCUT2D eigenvalue weighted by molar-refractivity contribution is 0.0318. The van der Waals surface area contributed by atoms with Crippen LogP contribution in [0.5, 0.6) is 0 Å². The minimum absolute atomic E-state index is 0.234. The Bertz CT molecular complexity index is 96.4. The van der Waals surface area contributed by atoms with Crippen LogP contribution in [-0.2, 0) is 4.74 Å². The van der Waals surface area contributed by atoms with Gasteiger partial charge in [-0.1, -0.05) is 0 Å². The number of alkyl halides is 1. The van der Waals surface area contributed by atoms with Crippen molar-refractivity contribution in [2.45, 2.75) is 29.3 Å². The normalized spacial score (nSPS) is 52.0. The summed E-state index contributed by atoms with van der Waals surface area (Å²) in [6, 6.07) is 0. The Kier molecular flexibility index (Phi) is 2.31. The van der Waals surface area contributed by atoms with Crippen molar-refractivity contribution in [3.8, 4) is 0 Å². The molecule has 0 spiro atoms. The van der Waals surface area contributed by atoms with Gasteiger partial charge in [0.25, 0.3) is 0 Å². The van der Waals surface area contributed by atoms with Crippen LogP contribution >= 0.6 is 22.6 Å². The molecule has 1 rings (SSSR count). The van der Waals surface area contributed by atoms with Gasteiger partial charge in [-0.05, 0) is 29.5 Å². The Hall–Kier alpha value is 0.610. The lowest BCUT2D eigenvalue weighted by atomic mass is 10.2. The predicted molar refractivity (Wildman–Crippen MR) is 40.4 cm³/mol. The molecule has 0 saturated carbocycles. The van der Waals surface area contributed by atoms with E-state index in [0.717, 1.165) is 0 Å². The molecular formula is C5H9IO3. The summed E-state index contributed by atoms with van der Waals surface area (Å²) >= 11 is 1.96. The zero-order valence-corrected chi connectivity index (χ0v) is 7.15. The van der Waals surface area contributed by atoms with Crippen LogP contribution in [-0.4, -0.2) is 32.6 Å². The van der Waals surface area contributed by atoms with Crippen LogP contribution in [0.1, 0.15) is 6.92 Å². The first-order valence-electron chi connectivity index (χ1n) is 2.78. The third-order valence-corrected chi connectivity index (χ3v) is 2.47. The average molecular weight is 244 g/mol. The Labute approximate surface area is 67.2 Å². The smallest absolute Gasteiger partial charge is 0.137 e. The van der Waals surface area contributed by atoms with Crippen molar-refractivity contribution in [1.82, 2.24) is 0 Å². The van der Waals surface area contributed by atoms with Gasteiger partial charge in [-0.2, -0.15) is 0 Å². The van der Waals surface area contributed by atoms with E-state index < -0.39 is 12.2 Å². The highest BCUT2D eigenvalue weighted by molar-refractivity contribution is 14.1. The fourth-order valence-electron chi connectivity index (χ4n) is 0.799. The molecule has 0 unspecified atom stereocenters. The molecule has 0 aromatic carbocycles. The minimum atomic E-state index is -0.722. The molecule has 4 atom stereocenters. The molecule has 3 nitrogen and oxygen atoms in total. The second-order valence-corrected chi connectivity index (χ2v) is 3.40. The lowest BCUT2D eigenvalue weighted by Crippen LogP contribution is -2.29. The highest BCUT2D eigenvalue weighted by atomic mass is 127. The molecule has 1 fully saturated rings. The highest BCUT2D eigenvalue weighted by Crippen LogP contribution is 2.24. The van der Waals surface area contributed by atoms with Gasteiger partial charge in [0.2, 0.25) is 0 Å². The van der Waals surface area contributed by atoms with Gasteiger partial charge < -0.3 is 14.9 Å². The van der Waals surface area contributed by atoms with E-state index in [9.17, 15) is 0 Å². The Morgan fingerprint density at radius 1 is 1.33 bits per heavy atom. The zero-order valence-electron chi connectivity index (χ0n) is 4.99. The van der Waals surface area contributed by atoms with Crippen LogP contribution in [0.3, 0.4) is 0 Å². The standard InChI is InChI=1S/C5H9IO3/c1-2-3(7)4(8)5(6)9-2/h2-5,7-8H,1H3/t2-,3-,4-,5-/m1/s1. The van der Waals surface area contributed by atoms with E-state index in [1.54, 1.807) is 6.92 Å². The molecule has 9 heavy (non-hydrogen) atoms. The second kappa shape index (κ2) is 2.69. The Balaban J connectivity index is 2.54. The van der Waals surface area contributed by atoms with Gasteiger partial charge in [-0.25, -0.2) is 0 Å². The van der Waals surface area contributed by atoms with Gasteiger partial charge in [0.05, 0.1) is 6.10 Å². The van der Waals surface area contributed by atoms with Crippen molar-refractivity contribution in [2.24, 2.45) is 0 Å². The fraction of sp³-hybridized carbons (Fsp3) is 1.00. The summed E-state index contributed by atoms with van der Waals surface area (Å²) in [5.74, 6) is 0. The quantitative estimate of drug-likeness (QED) is 0.461. The van der Waals surface area contributed by atoms with Gasteiger partial charge in [0.15, 0.2) is 0 Å². The first-order valence-corrected chi connectivity index (χ1v) is 4.03. The lowest BCUT2D eigenvalue weighted by Gasteiger charge is -2.07. The van der Waals surface area contributed by atoms with Crippen molar-refractivity contribution in [3.05, 3.63) is 0 Å². The number of halogens is 1. The average Bonchev–Trinajstić information content (AvgIpc) is 1.98. The van der Waals surface area contributed by atoms with E-state index in [2.05, 4.69) is 0 Å². The van der Waals surface area contributed by atoms with Crippen molar-refractivity contribution < 1.29 is 14.9 Å². The summed E-state index contributed by atoms with van der Waals surface area (Å²) in [5.41, 5.74) is 0. The van der Waals surface area contributed by atoms with Crippen LogP contribution in [0.15, 0.2) is 0 Å². The summed E-state index contributed by atoms with van der Waals surface area (Å²) in [6.45, 7) is 1.74. The molecule has 1 aliphatic rings. The first kappa shape index (κ1) is 7.71. The molecule has 54 valence electrons. The van der Waals surface area contributed by atoms with Gasteiger partial charge in [0.1, 0.15) is 16.3 Å². The summed E-state index contributed by atoms with van der Waals surface area (Å²) < 4.78 is 4.82. The topological polar surface area (TPSA) is 49.7 Å². The zero-order chi connectivity index (χ0) is 7.02. The van der Waals surface area contributed by atoms with Gasteiger partial charge in [-0.15, -0.1) is 0 Å². The highest BCUT2D eigenvalue weighted by Gasteiger charge is 2.38. The number of hydrogen-bond acceptors (Lipinski definition) is 3. The van der Waals surface area contributed by atoms with Crippen molar-refractivity contribution in [1.29, 1.82) is 0 Å². The van der Waals surface area contributed by atoms with E-state index in [0.29, 0.717) is 0 Å². The van der Waals surface area contributed by atoms with Crippen LogP contribution in [0.4, 0.5) is 0 Å². The number of hydrogen-bond donors (Lipinski definition) is 2. The number of aliphatic hydroxyl groups is 2. The Morgan fingerprint density at radius 3 is 2.00 bits per heavy atom. The maximum Gasteiger partial charge on any atom is 0.137 e. The van der Waals surface area contributed by atoms with Gasteiger partial charge >= 0.3 is 0 Å². The van der Waals surface area contributed by atoms with E-state index in [4.69, 9.17) is 14.9 Å². The molecule has 0 aromatic rings. The fourth-order valence-corrected chi connectivity index (χ4v) is 1.69. The molecule has 0 radical (unpaired) electrons. The SMILES string of the molecule is C[C@H]1O[C@@H](I)[C@H](O)[C@@H]1O. The maximum absolute atomic E-state index is 9.06. The van der Waals surface area contributed by atoms with Crippen LogP contribution < -0.4 is 0 Å². The summed E-state index contributed by atoms with van der Waals surface area (Å²) in [4.78, 5) is 0. The predicted octanol–water partition coefficient (Wildman–Crippen LogP) is -0.112. The van der Waals surface area contributed by atoms with E-state index in [1.807, 2.05) is 22.6 Å². The third kappa shape index (κ3) is 1.36. The van der Waals surface area contributed by atoms with Crippen molar-refractivity contribution in [2.75, 3.05) is 0 Å². The number of ether oxygens (including phenoxy) is 1. The molecule has 2 N–H and O–H groups in total. The maximum atomic E-state index is 9.06. The molecule has 4 heteroatoms. The number of aliphatic hydroxyl groups excluding tert-OH is 2. The van der Waals surface area contributed by atoms with Crippen LogP contribution in [0, 0.1) is 0 Å². The molecule has 0 bridgehead atoms. The summed E-state index contributed by atoms with van der Waals surface area (Å²) in [5, 5.41) is 18.1. The van der Waals surface area contributed by atoms with Crippen LogP contribution in [0.25, 0.3) is 0 Å².